The zero-order valence-electron chi connectivity index (χ0n) is 13.7. The van der Waals surface area contributed by atoms with Gasteiger partial charge >= 0.3 is 44.8 Å². The molecule has 0 rings (SSSR count). The van der Waals surface area contributed by atoms with Gasteiger partial charge in [0.2, 0.25) is 0 Å². The summed E-state index contributed by atoms with van der Waals surface area (Å²) in [4.78, 5) is 0. The molecule has 0 aromatic rings. The van der Waals surface area contributed by atoms with E-state index in [-0.39, 0.29) is 0 Å². The molecule has 0 aliphatic rings. The Morgan fingerprint density at radius 2 is 1.05 bits per heavy atom. The molecule has 0 amide bonds. The van der Waals surface area contributed by atoms with Crippen molar-refractivity contribution in [3.63, 3.8) is 0 Å². The highest BCUT2D eigenvalue weighted by Crippen LogP contribution is 2.05. The summed E-state index contributed by atoms with van der Waals surface area (Å²) < 4.78 is 30.8. The normalized spacial score (nSPS) is 10.6. The molecule has 10 heteroatoms. The number of rotatable bonds is 8. The summed E-state index contributed by atoms with van der Waals surface area (Å²) in [5.41, 5.74) is 0. The molecule has 0 spiro atoms. The van der Waals surface area contributed by atoms with Gasteiger partial charge in [-0.05, 0) is 19.6 Å². The van der Waals surface area contributed by atoms with Gasteiger partial charge in [0.1, 0.15) is 0 Å². The molecule has 0 heterocycles. The van der Waals surface area contributed by atoms with Gasteiger partial charge in [0.15, 0.2) is 8.32 Å². The highest BCUT2D eigenvalue weighted by molar-refractivity contribution is 6.74. The lowest BCUT2D eigenvalue weighted by Gasteiger charge is -2.20. The second-order valence-corrected chi connectivity index (χ2v) is 16.3. The lowest BCUT2D eigenvalue weighted by Crippen LogP contribution is -2.37. The zero-order valence-corrected chi connectivity index (χ0v) is 18.1. The van der Waals surface area contributed by atoms with Gasteiger partial charge in [0.25, 0.3) is 0 Å². The summed E-state index contributed by atoms with van der Waals surface area (Å²) in [5.74, 6) is 4.19. The standard InChI is InChI=1S/C3H9OSi.4CH3O.2CH3.3Al.O/c1-5(2,3)4;4*1-2;;;;;;/h1-3H3;4*1H3;2*1H3;;;;/q5*-1;;;;+2;+3;. The Kier molecular flexibility index (Phi) is 15.9. The highest BCUT2D eigenvalue weighted by atomic mass is 28.4. The monoisotopic (exact) mass is 340 g/mol. The van der Waals surface area contributed by atoms with E-state index < -0.39 is 53.1 Å². The van der Waals surface area contributed by atoms with Gasteiger partial charge < -0.3 is 21.5 Å². The van der Waals surface area contributed by atoms with Crippen LogP contribution in [0.25, 0.3) is 0 Å². The first kappa shape index (κ1) is 22.8. The molecule has 0 unspecified atom stereocenters. The van der Waals surface area contributed by atoms with Crippen molar-refractivity contribution >= 4 is 53.1 Å². The Morgan fingerprint density at radius 1 is 0.684 bits per heavy atom. The average molecular weight is 340 g/mol. The highest BCUT2D eigenvalue weighted by Gasteiger charge is 2.33. The molecule has 0 fully saturated rings. The van der Waals surface area contributed by atoms with Crippen molar-refractivity contribution < 1.29 is 21.5 Å². The molecular weight excluding hydrogens is 313 g/mol. The molecule has 0 N–H and O–H groups in total. The van der Waals surface area contributed by atoms with Crippen molar-refractivity contribution in [1.82, 2.24) is 0 Å². The zero-order chi connectivity index (χ0) is 15.5. The quantitative estimate of drug-likeness (QED) is 0.626. The fourth-order valence-electron chi connectivity index (χ4n) is 0.911. The van der Waals surface area contributed by atoms with Crippen molar-refractivity contribution in [2.24, 2.45) is 0 Å². The van der Waals surface area contributed by atoms with Crippen LogP contribution in [-0.4, -0.2) is 81.5 Å². The smallest absolute Gasteiger partial charge is 0.590 e. The summed E-state index contributed by atoms with van der Waals surface area (Å²) in [5, 5.41) is 0. The summed E-state index contributed by atoms with van der Waals surface area (Å²) in [6.45, 7) is 6.35. The van der Waals surface area contributed by atoms with Crippen LogP contribution in [0.3, 0.4) is 0 Å². The van der Waals surface area contributed by atoms with Crippen molar-refractivity contribution in [3.8, 4) is 0 Å². The van der Waals surface area contributed by atoms with E-state index >= 15 is 0 Å². The van der Waals surface area contributed by atoms with E-state index in [1.165, 1.54) is 0 Å². The van der Waals surface area contributed by atoms with E-state index in [0.29, 0.717) is 0 Å². The molecule has 0 aromatic heterocycles. The SMILES string of the molecule is C[O][Al]([O]C)[O][Al]([CH3])[CH3].C[O][Al]([O]C)[O][Si](C)(C)C. The minimum atomic E-state index is -1.76. The molecule has 0 aliphatic heterocycles. The first-order valence-electron chi connectivity index (χ1n) is 6.14. The second-order valence-electron chi connectivity index (χ2n) is 4.94. The van der Waals surface area contributed by atoms with Gasteiger partial charge in [0, 0.05) is 28.4 Å². The summed E-state index contributed by atoms with van der Waals surface area (Å²) in [6.07, 6.45) is 0. The fraction of sp³-hybridized carbons (Fsp3) is 1.00. The lowest BCUT2D eigenvalue weighted by molar-refractivity contribution is 0.199. The average Bonchev–Trinajstić information content (AvgIpc) is 2.32. The second kappa shape index (κ2) is 13.3. The summed E-state index contributed by atoms with van der Waals surface area (Å²) in [6, 6.07) is 0. The Morgan fingerprint density at radius 3 is 1.16 bits per heavy atom. The Labute approximate surface area is 133 Å². The first-order valence-corrected chi connectivity index (χ1v) is 15.2. The lowest BCUT2D eigenvalue weighted by atomic mass is 11.8. The molecular formula is C9H27Al3O6Si. The molecule has 0 aromatic carbocycles. The van der Waals surface area contributed by atoms with Gasteiger partial charge in [-0.2, -0.15) is 0 Å². The first-order chi connectivity index (χ1) is 8.69. The molecule has 0 saturated carbocycles. The molecule has 112 valence electrons. The van der Waals surface area contributed by atoms with Crippen LogP contribution in [0.2, 0.25) is 31.2 Å². The Balaban J connectivity index is 0. The van der Waals surface area contributed by atoms with Crippen molar-refractivity contribution in [2.45, 2.75) is 31.2 Å². The van der Waals surface area contributed by atoms with E-state index in [1.54, 1.807) is 28.4 Å². The third-order valence-corrected chi connectivity index (χ3v) is 9.81. The molecule has 19 heavy (non-hydrogen) atoms. The Bertz CT molecular complexity index is 197. The van der Waals surface area contributed by atoms with E-state index in [9.17, 15) is 0 Å². The van der Waals surface area contributed by atoms with Crippen molar-refractivity contribution in [3.05, 3.63) is 0 Å². The van der Waals surface area contributed by atoms with Crippen LogP contribution in [0, 0.1) is 0 Å². The fourth-order valence-corrected chi connectivity index (χ4v) is 7.04. The summed E-state index contributed by atoms with van der Waals surface area (Å²) in [7, 11) is 5.04. The van der Waals surface area contributed by atoms with Crippen molar-refractivity contribution in [2.75, 3.05) is 28.4 Å². The minimum Gasteiger partial charge on any atom is -0.590 e. The molecule has 0 bridgehead atoms. The maximum absolute atomic E-state index is 5.57. The van der Waals surface area contributed by atoms with Gasteiger partial charge in [-0.3, -0.25) is 0 Å². The largest absolute Gasteiger partial charge is 0.893 e. The predicted octanol–water partition coefficient (Wildman–Crippen LogP) is 1.65. The predicted molar refractivity (Wildman–Crippen MR) is 82.5 cm³/mol. The van der Waals surface area contributed by atoms with Gasteiger partial charge in [-0.1, -0.05) is 11.6 Å². The molecule has 0 atom stereocenters. The molecule has 6 nitrogen and oxygen atoms in total. The number of hydrogen-bond donors (Lipinski definition) is 0. The van der Waals surface area contributed by atoms with E-state index in [2.05, 4.69) is 31.2 Å². The summed E-state index contributed by atoms with van der Waals surface area (Å²) >= 11 is -4.40. The topological polar surface area (TPSA) is 55.4 Å². The van der Waals surface area contributed by atoms with Gasteiger partial charge in [0.05, 0.1) is 0 Å². The van der Waals surface area contributed by atoms with Crippen molar-refractivity contribution in [1.29, 1.82) is 0 Å². The van der Waals surface area contributed by atoms with Gasteiger partial charge in [-0.25, -0.2) is 0 Å². The Hall–Kier alpha value is 1.57. The van der Waals surface area contributed by atoms with Crippen LogP contribution in [0.15, 0.2) is 0 Å². The third kappa shape index (κ3) is 17.5. The van der Waals surface area contributed by atoms with E-state index in [1.807, 2.05) is 0 Å². The minimum absolute atomic E-state index is 0.952. The van der Waals surface area contributed by atoms with Gasteiger partial charge in [-0.15, -0.1) is 0 Å². The molecule has 0 aliphatic carbocycles. The van der Waals surface area contributed by atoms with E-state index in [4.69, 9.17) is 21.5 Å². The van der Waals surface area contributed by atoms with E-state index in [0.717, 1.165) is 0 Å². The van der Waals surface area contributed by atoms with Crippen LogP contribution in [0.5, 0.6) is 0 Å². The van der Waals surface area contributed by atoms with Crippen LogP contribution < -0.4 is 0 Å². The number of hydrogen-bond acceptors (Lipinski definition) is 6. The van der Waals surface area contributed by atoms with Crippen LogP contribution >= 0.6 is 0 Å². The molecule has 0 radical (unpaired) electrons. The van der Waals surface area contributed by atoms with Crippen LogP contribution in [0.4, 0.5) is 0 Å². The third-order valence-electron chi connectivity index (χ3n) is 1.60. The van der Waals surface area contributed by atoms with Crippen LogP contribution in [-0.2, 0) is 21.5 Å². The van der Waals surface area contributed by atoms with Crippen LogP contribution in [0.1, 0.15) is 0 Å². The maximum Gasteiger partial charge on any atom is 0.893 e. The maximum atomic E-state index is 5.57. The molecule has 0 saturated heterocycles.